The van der Waals surface area contributed by atoms with Crippen molar-refractivity contribution < 1.29 is 32.5 Å². The average molecular weight is 329 g/mol. The standard InChI is InChI=1S/C14H10F3NO5/c1-22-13-10(17)7(16)2-5-11(13)18(8-3-6(8)15)4-9(12(5)19)23-14(20)21/h2,4,6,8H,3H2,1H3,(H,20,21)/t6-,8+/m0/s1. The van der Waals surface area contributed by atoms with Crippen molar-refractivity contribution in [2.75, 3.05) is 7.11 Å². The number of methoxy groups -OCH3 is 1. The van der Waals surface area contributed by atoms with Crippen LogP contribution < -0.4 is 14.9 Å². The molecule has 0 saturated heterocycles. The lowest BCUT2D eigenvalue weighted by atomic mass is 10.1. The van der Waals surface area contributed by atoms with Crippen molar-refractivity contribution in [2.45, 2.75) is 18.6 Å². The van der Waals surface area contributed by atoms with Crippen molar-refractivity contribution in [3.05, 3.63) is 34.1 Å². The fourth-order valence-electron chi connectivity index (χ4n) is 2.46. The molecule has 0 amide bonds. The highest BCUT2D eigenvalue weighted by molar-refractivity contribution is 5.87. The highest BCUT2D eigenvalue weighted by Gasteiger charge is 2.41. The van der Waals surface area contributed by atoms with E-state index >= 15 is 0 Å². The maximum absolute atomic E-state index is 13.9. The predicted molar refractivity (Wildman–Crippen MR) is 71.9 cm³/mol. The van der Waals surface area contributed by atoms with Crippen molar-refractivity contribution in [1.29, 1.82) is 0 Å². The van der Waals surface area contributed by atoms with Crippen molar-refractivity contribution in [2.24, 2.45) is 0 Å². The summed E-state index contributed by atoms with van der Waals surface area (Å²) in [6.07, 6.45) is -1.96. The molecular formula is C14H10F3NO5. The van der Waals surface area contributed by atoms with Gasteiger partial charge in [0.25, 0.3) is 0 Å². The van der Waals surface area contributed by atoms with Crippen LogP contribution in [0.15, 0.2) is 17.1 Å². The summed E-state index contributed by atoms with van der Waals surface area (Å²) in [6, 6.07) is -0.135. The summed E-state index contributed by atoms with van der Waals surface area (Å²) in [4.78, 5) is 22.9. The van der Waals surface area contributed by atoms with Crippen molar-refractivity contribution in [3.63, 3.8) is 0 Å². The molecule has 1 aromatic carbocycles. The van der Waals surface area contributed by atoms with Crippen molar-refractivity contribution in [1.82, 2.24) is 4.57 Å². The summed E-state index contributed by atoms with van der Waals surface area (Å²) in [5, 5.41) is 8.29. The lowest BCUT2D eigenvalue weighted by Crippen LogP contribution is -2.17. The molecule has 0 spiro atoms. The average Bonchev–Trinajstić information content (AvgIpc) is 3.20. The fourth-order valence-corrected chi connectivity index (χ4v) is 2.46. The summed E-state index contributed by atoms with van der Waals surface area (Å²) in [5.74, 6) is -3.86. The van der Waals surface area contributed by atoms with Crippen LogP contribution in [0.4, 0.5) is 18.0 Å². The Morgan fingerprint density at radius 1 is 1.43 bits per heavy atom. The molecule has 2 aromatic rings. The number of aromatic nitrogens is 1. The number of hydrogen-bond donors (Lipinski definition) is 1. The second kappa shape index (κ2) is 5.18. The van der Waals surface area contributed by atoms with E-state index in [4.69, 9.17) is 9.84 Å². The Bertz CT molecular complexity index is 879. The van der Waals surface area contributed by atoms with Crippen LogP contribution in [0.3, 0.4) is 0 Å². The number of fused-ring (bicyclic) bond motifs is 1. The summed E-state index contributed by atoms with van der Waals surface area (Å²) in [6.45, 7) is 0. The van der Waals surface area contributed by atoms with E-state index in [1.54, 1.807) is 0 Å². The smallest absolute Gasteiger partial charge is 0.491 e. The van der Waals surface area contributed by atoms with Gasteiger partial charge in [-0.05, 0) is 6.07 Å². The second-order valence-electron chi connectivity index (χ2n) is 5.02. The molecule has 0 radical (unpaired) electrons. The van der Waals surface area contributed by atoms with E-state index in [0.717, 1.165) is 17.9 Å². The number of hydrogen-bond acceptors (Lipinski definition) is 4. The van der Waals surface area contributed by atoms with Crippen LogP contribution in [-0.4, -0.2) is 29.1 Å². The van der Waals surface area contributed by atoms with Crippen LogP contribution >= 0.6 is 0 Å². The van der Waals surface area contributed by atoms with E-state index in [1.165, 1.54) is 0 Å². The molecule has 1 N–H and O–H groups in total. The molecule has 1 saturated carbocycles. The normalized spacial score (nSPS) is 19.7. The summed E-state index contributed by atoms with van der Waals surface area (Å²) in [5.41, 5.74) is -1.12. The number of carbonyl (C=O) groups is 1. The first kappa shape index (κ1) is 15.2. The van der Waals surface area contributed by atoms with E-state index in [-0.39, 0.29) is 17.3 Å². The number of ether oxygens (including phenoxy) is 2. The minimum atomic E-state index is -1.75. The second-order valence-corrected chi connectivity index (χ2v) is 5.02. The van der Waals surface area contributed by atoms with Crippen LogP contribution in [0, 0.1) is 11.6 Å². The Balaban J connectivity index is 2.41. The van der Waals surface area contributed by atoms with Gasteiger partial charge in [0.05, 0.1) is 30.3 Å². The van der Waals surface area contributed by atoms with Gasteiger partial charge in [0.1, 0.15) is 6.17 Å². The zero-order chi connectivity index (χ0) is 16.9. The minimum absolute atomic E-state index is 0.0899. The van der Waals surface area contributed by atoms with E-state index in [2.05, 4.69) is 4.74 Å². The van der Waals surface area contributed by atoms with E-state index < -0.39 is 46.9 Å². The van der Waals surface area contributed by atoms with Gasteiger partial charge in [-0.15, -0.1) is 0 Å². The zero-order valence-electron chi connectivity index (χ0n) is 11.7. The first-order chi connectivity index (χ1) is 10.8. The maximum Gasteiger partial charge on any atom is 0.511 e. The van der Waals surface area contributed by atoms with E-state index in [0.29, 0.717) is 6.07 Å². The third-order valence-corrected chi connectivity index (χ3v) is 3.57. The molecule has 1 aliphatic carbocycles. The van der Waals surface area contributed by atoms with E-state index in [9.17, 15) is 22.8 Å². The molecule has 122 valence electrons. The monoisotopic (exact) mass is 329 g/mol. The molecule has 2 atom stereocenters. The fraction of sp³-hybridized carbons (Fsp3) is 0.286. The Hall–Kier alpha value is -2.71. The summed E-state index contributed by atoms with van der Waals surface area (Å²) in [7, 11) is 1.08. The Morgan fingerprint density at radius 2 is 2.09 bits per heavy atom. The van der Waals surface area contributed by atoms with Crippen LogP contribution in [0.25, 0.3) is 10.9 Å². The molecule has 23 heavy (non-hydrogen) atoms. The first-order valence-electron chi connectivity index (χ1n) is 6.50. The highest BCUT2D eigenvalue weighted by Crippen LogP contribution is 2.43. The third kappa shape index (κ3) is 2.37. The number of nitrogens with zero attached hydrogens (tertiary/aromatic N) is 1. The largest absolute Gasteiger partial charge is 0.511 e. The third-order valence-electron chi connectivity index (χ3n) is 3.57. The van der Waals surface area contributed by atoms with Crippen LogP contribution in [0.1, 0.15) is 12.5 Å². The Labute approximate surface area is 126 Å². The molecule has 0 bridgehead atoms. The number of halogens is 3. The van der Waals surface area contributed by atoms with Gasteiger partial charge < -0.3 is 19.1 Å². The SMILES string of the molecule is COc1c(F)c(F)cc2c(=O)c(OC(=O)O)cn([C@@H]3C[C@@H]3F)c12. The topological polar surface area (TPSA) is 77.8 Å². The summed E-state index contributed by atoms with van der Waals surface area (Å²) >= 11 is 0. The molecule has 0 aliphatic heterocycles. The van der Waals surface area contributed by atoms with Gasteiger partial charge in [-0.3, -0.25) is 4.79 Å². The molecule has 1 aliphatic rings. The van der Waals surface area contributed by atoms with E-state index in [1.807, 2.05) is 0 Å². The Kier molecular flexibility index (Phi) is 3.42. The van der Waals surface area contributed by atoms with Gasteiger partial charge in [0.15, 0.2) is 17.3 Å². The molecule has 1 fully saturated rings. The molecular weight excluding hydrogens is 319 g/mol. The number of rotatable bonds is 3. The van der Waals surface area contributed by atoms with Gasteiger partial charge >= 0.3 is 6.16 Å². The van der Waals surface area contributed by atoms with Crippen LogP contribution in [0.5, 0.6) is 11.5 Å². The molecule has 6 nitrogen and oxygen atoms in total. The van der Waals surface area contributed by atoms with Crippen LogP contribution in [-0.2, 0) is 0 Å². The zero-order valence-corrected chi connectivity index (χ0v) is 11.7. The number of alkyl halides is 1. The van der Waals surface area contributed by atoms with Crippen LogP contribution in [0.2, 0.25) is 0 Å². The van der Waals surface area contributed by atoms with Crippen molar-refractivity contribution in [3.8, 4) is 11.5 Å². The predicted octanol–water partition coefficient (Wildman–Crippen LogP) is 2.63. The Morgan fingerprint density at radius 3 is 2.61 bits per heavy atom. The van der Waals surface area contributed by atoms with Gasteiger partial charge in [-0.2, -0.15) is 4.39 Å². The molecule has 0 unspecified atom stereocenters. The highest BCUT2D eigenvalue weighted by atomic mass is 19.2. The number of pyridine rings is 1. The molecule has 9 heteroatoms. The number of benzene rings is 1. The molecule has 1 aromatic heterocycles. The van der Waals surface area contributed by atoms with Crippen molar-refractivity contribution >= 4 is 17.1 Å². The quantitative estimate of drug-likeness (QED) is 0.876. The maximum atomic E-state index is 13.9. The van der Waals surface area contributed by atoms with Gasteiger partial charge in [0.2, 0.25) is 11.2 Å². The molecule has 3 rings (SSSR count). The van der Waals surface area contributed by atoms with Gasteiger partial charge in [-0.25, -0.2) is 13.6 Å². The lowest BCUT2D eigenvalue weighted by Gasteiger charge is -2.15. The molecule has 1 heterocycles. The van der Waals surface area contributed by atoms with Gasteiger partial charge in [0, 0.05) is 6.42 Å². The summed E-state index contributed by atoms with van der Waals surface area (Å²) < 4.78 is 51.3. The van der Waals surface area contributed by atoms with Gasteiger partial charge in [-0.1, -0.05) is 0 Å². The minimum Gasteiger partial charge on any atom is -0.491 e. The lowest BCUT2D eigenvalue weighted by molar-refractivity contribution is 0.143. The first-order valence-corrected chi connectivity index (χ1v) is 6.50. The number of carboxylic acid groups (broad SMARTS) is 1.